The summed E-state index contributed by atoms with van der Waals surface area (Å²) in [6.45, 7) is 9.44. The highest BCUT2D eigenvalue weighted by molar-refractivity contribution is 5.87. The second kappa shape index (κ2) is 8.30. The maximum absolute atomic E-state index is 11.7. The number of carbonyl (C=O) groups is 1. The third-order valence-electron chi connectivity index (χ3n) is 1.82. The molecule has 0 spiro atoms. The fourth-order valence-corrected chi connectivity index (χ4v) is 1.09. The lowest BCUT2D eigenvalue weighted by atomic mass is 10.2. The van der Waals surface area contributed by atoms with E-state index in [9.17, 15) is 4.79 Å². The molecule has 0 amide bonds. The molecular weight excluding hydrogens is 254 g/mol. The van der Waals surface area contributed by atoms with Crippen molar-refractivity contribution in [1.29, 1.82) is 0 Å². The van der Waals surface area contributed by atoms with Gasteiger partial charge in [0.2, 0.25) is 0 Å². The highest BCUT2D eigenvalue weighted by atomic mass is 16.6. The minimum Gasteiger partial charge on any atom is -0.455 e. The molecule has 0 bridgehead atoms. The predicted octanol–water partition coefficient (Wildman–Crippen LogP) is 2.99. The molecule has 5 nitrogen and oxygen atoms in total. The Morgan fingerprint density at radius 3 is 2.20 bits per heavy atom. The molecule has 1 heterocycles. The molecule has 0 aliphatic heterocycles. The standard InChI is InChI=1S/C13H19N3O2.C2H6/c1-13(2,3)18-12(17)11-9-14-10(8-15-11)6-7-16(4)5;1-2/h6-9H,1-5H3;1-2H3/b7-6+;. The summed E-state index contributed by atoms with van der Waals surface area (Å²) in [7, 11) is 3.83. The summed E-state index contributed by atoms with van der Waals surface area (Å²) in [4.78, 5) is 21.7. The average Bonchev–Trinajstić information content (AvgIpc) is 2.37. The molecule has 1 aromatic rings. The molecule has 0 aliphatic rings. The molecule has 0 aromatic carbocycles. The summed E-state index contributed by atoms with van der Waals surface area (Å²) in [5.41, 5.74) is 0.380. The Morgan fingerprint density at radius 2 is 1.80 bits per heavy atom. The smallest absolute Gasteiger partial charge is 0.359 e. The van der Waals surface area contributed by atoms with Gasteiger partial charge in [0.25, 0.3) is 0 Å². The van der Waals surface area contributed by atoms with E-state index in [1.54, 1.807) is 6.20 Å². The third kappa shape index (κ3) is 7.51. The van der Waals surface area contributed by atoms with Gasteiger partial charge >= 0.3 is 5.97 Å². The molecule has 0 fully saturated rings. The molecule has 112 valence electrons. The number of esters is 1. The van der Waals surface area contributed by atoms with Gasteiger partial charge in [-0.2, -0.15) is 0 Å². The van der Waals surface area contributed by atoms with Gasteiger partial charge in [0.1, 0.15) is 5.60 Å². The van der Waals surface area contributed by atoms with Crippen LogP contribution in [0, 0.1) is 0 Å². The second-order valence-electron chi connectivity index (χ2n) is 5.11. The Bertz CT molecular complexity index is 431. The number of hydrogen-bond acceptors (Lipinski definition) is 5. The SMILES string of the molecule is CC.CN(C)/C=C/c1cnc(C(=O)OC(C)(C)C)cn1. The lowest BCUT2D eigenvalue weighted by molar-refractivity contribution is 0.00623. The lowest BCUT2D eigenvalue weighted by Gasteiger charge is -2.18. The molecule has 5 heteroatoms. The van der Waals surface area contributed by atoms with Crippen LogP contribution >= 0.6 is 0 Å². The molecule has 0 aliphatic carbocycles. The van der Waals surface area contributed by atoms with Crippen molar-refractivity contribution >= 4 is 12.0 Å². The van der Waals surface area contributed by atoms with Crippen molar-refractivity contribution in [2.45, 2.75) is 40.2 Å². The Balaban J connectivity index is 0.00000172. The van der Waals surface area contributed by atoms with E-state index in [1.165, 1.54) is 6.20 Å². The minimum atomic E-state index is -0.526. The molecule has 0 radical (unpaired) electrons. The first-order valence-electron chi connectivity index (χ1n) is 6.68. The first-order valence-corrected chi connectivity index (χ1v) is 6.68. The van der Waals surface area contributed by atoms with E-state index < -0.39 is 11.6 Å². The Hall–Kier alpha value is -1.91. The molecule has 1 rings (SSSR count). The molecule has 0 unspecified atom stereocenters. The van der Waals surface area contributed by atoms with Crippen LogP contribution in [0.4, 0.5) is 0 Å². The van der Waals surface area contributed by atoms with Crippen molar-refractivity contribution in [3.05, 3.63) is 30.0 Å². The van der Waals surface area contributed by atoms with Crippen LogP contribution in [0.25, 0.3) is 6.08 Å². The number of nitrogens with zero attached hydrogens (tertiary/aromatic N) is 3. The van der Waals surface area contributed by atoms with Crippen molar-refractivity contribution in [3.8, 4) is 0 Å². The first kappa shape index (κ1) is 18.1. The zero-order chi connectivity index (χ0) is 15.8. The van der Waals surface area contributed by atoms with Crippen LogP contribution in [-0.2, 0) is 4.74 Å². The van der Waals surface area contributed by atoms with E-state index in [0.29, 0.717) is 5.69 Å². The molecule has 0 N–H and O–H groups in total. The molecule has 0 atom stereocenters. The molecule has 0 saturated heterocycles. The summed E-state index contributed by atoms with van der Waals surface area (Å²) in [5, 5.41) is 0. The van der Waals surface area contributed by atoms with Crippen LogP contribution in [0.2, 0.25) is 0 Å². The van der Waals surface area contributed by atoms with Crippen LogP contribution in [0.15, 0.2) is 18.6 Å². The highest BCUT2D eigenvalue weighted by Crippen LogP contribution is 2.10. The largest absolute Gasteiger partial charge is 0.455 e. The van der Waals surface area contributed by atoms with E-state index in [4.69, 9.17) is 4.74 Å². The summed E-state index contributed by atoms with van der Waals surface area (Å²) >= 11 is 0. The van der Waals surface area contributed by atoms with Crippen LogP contribution in [-0.4, -0.2) is 40.5 Å². The topological polar surface area (TPSA) is 55.3 Å². The summed E-state index contributed by atoms with van der Waals surface area (Å²) in [5.74, 6) is -0.460. The highest BCUT2D eigenvalue weighted by Gasteiger charge is 2.18. The predicted molar refractivity (Wildman–Crippen MR) is 81.3 cm³/mol. The summed E-state index contributed by atoms with van der Waals surface area (Å²) in [6.07, 6.45) is 6.63. The summed E-state index contributed by atoms with van der Waals surface area (Å²) in [6, 6.07) is 0. The van der Waals surface area contributed by atoms with Gasteiger partial charge in [0, 0.05) is 20.3 Å². The van der Waals surface area contributed by atoms with Gasteiger partial charge in [-0.3, -0.25) is 4.98 Å². The molecule has 1 aromatic heterocycles. The lowest BCUT2D eigenvalue weighted by Crippen LogP contribution is -2.24. The third-order valence-corrected chi connectivity index (χ3v) is 1.82. The van der Waals surface area contributed by atoms with Gasteiger partial charge in [-0.05, 0) is 26.8 Å². The van der Waals surface area contributed by atoms with Crippen molar-refractivity contribution < 1.29 is 9.53 Å². The molecule has 20 heavy (non-hydrogen) atoms. The van der Waals surface area contributed by atoms with E-state index in [0.717, 1.165) is 0 Å². The van der Waals surface area contributed by atoms with Crippen molar-refractivity contribution in [1.82, 2.24) is 14.9 Å². The average molecular weight is 279 g/mol. The fourth-order valence-electron chi connectivity index (χ4n) is 1.09. The fraction of sp³-hybridized carbons (Fsp3) is 0.533. The van der Waals surface area contributed by atoms with Gasteiger partial charge in [-0.15, -0.1) is 0 Å². The zero-order valence-corrected chi connectivity index (χ0v) is 13.5. The van der Waals surface area contributed by atoms with Crippen LogP contribution < -0.4 is 0 Å². The monoisotopic (exact) mass is 279 g/mol. The van der Waals surface area contributed by atoms with E-state index in [1.807, 2.05) is 65.9 Å². The van der Waals surface area contributed by atoms with Gasteiger partial charge in [-0.25, -0.2) is 9.78 Å². The Labute approximate surface area is 121 Å². The maximum Gasteiger partial charge on any atom is 0.359 e. The molecule has 0 saturated carbocycles. The second-order valence-corrected chi connectivity index (χ2v) is 5.11. The van der Waals surface area contributed by atoms with Crippen LogP contribution in [0.3, 0.4) is 0 Å². The zero-order valence-electron chi connectivity index (χ0n) is 13.5. The first-order chi connectivity index (χ1) is 9.28. The number of rotatable bonds is 3. The van der Waals surface area contributed by atoms with Crippen LogP contribution in [0.1, 0.15) is 50.8 Å². The van der Waals surface area contributed by atoms with Gasteiger partial charge < -0.3 is 9.64 Å². The number of hydrogen-bond donors (Lipinski definition) is 0. The normalized spacial score (nSPS) is 10.8. The van der Waals surface area contributed by atoms with E-state index in [-0.39, 0.29) is 5.69 Å². The van der Waals surface area contributed by atoms with Gasteiger partial charge in [0.05, 0.1) is 18.1 Å². The minimum absolute atomic E-state index is 0.215. The Kier molecular flexibility index (Phi) is 7.51. The molecular formula is C15H25N3O2. The van der Waals surface area contributed by atoms with Crippen molar-refractivity contribution in [3.63, 3.8) is 0 Å². The number of aromatic nitrogens is 2. The van der Waals surface area contributed by atoms with E-state index >= 15 is 0 Å². The van der Waals surface area contributed by atoms with E-state index in [2.05, 4.69) is 9.97 Å². The van der Waals surface area contributed by atoms with Crippen molar-refractivity contribution in [2.75, 3.05) is 14.1 Å². The van der Waals surface area contributed by atoms with Gasteiger partial charge in [-0.1, -0.05) is 13.8 Å². The quantitative estimate of drug-likeness (QED) is 0.796. The summed E-state index contributed by atoms with van der Waals surface area (Å²) < 4.78 is 5.19. The van der Waals surface area contributed by atoms with Crippen LogP contribution in [0.5, 0.6) is 0 Å². The maximum atomic E-state index is 11.7. The Morgan fingerprint density at radius 1 is 1.20 bits per heavy atom. The van der Waals surface area contributed by atoms with Gasteiger partial charge in [0.15, 0.2) is 5.69 Å². The van der Waals surface area contributed by atoms with Crippen molar-refractivity contribution in [2.24, 2.45) is 0 Å². The number of ether oxygens (including phenoxy) is 1. The number of carbonyl (C=O) groups excluding carboxylic acids is 1.